The Morgan fingerprint density at radius 1 is 1.50 bits per heavy atom. The molecule has 1 unspecified atom stereocenters. The first-order valence-electron chi connectivity index (χ1n) is 5.14. The zero-order valence-electron chi connectivity index (χ0n) is 9.36. The zero-order chi connectivity index (χ0) is 12.2. The van der Waals surface area contributed by atoms with Gasteiger partial charge in [0.1, 0.15) is 4.21 Å². The minimum absolute atomic E-state index is 0.141. The number of hydrogen-bond acceptors (Lipinski definition) is 3. The van der Waals surface area contributed by atoms with E-state index in [1.807, 2.05) is 19.9 Å². The molecule has 0 radical (unpaired) electrons. The molecule has 3 nitrogen and oxygen atoms in total. The van der Waals surface area contributed by atoms with Crippen molar-refractivity contribution < 1.29 is 8.42 Å². The molecule has 0 aliphatic heterocycles. The molecule has 0 aliphatic carbocycles. The standard InChI is InChI=1S/C10H16ClNO2S2/c1-3-9-4-5-10(15-9)16(13,14)12-7-8(2)6-11/h4-5,8,12H,3,6-7H2,1-2H3. The van der Waals surface area contributed by atoms with Gasteiger partial charge in [-0.05, 0) is 24.5 Å². The molecule has 0 fully saturated rings. The Kier molecular flexibility index (Phi) is 5.24. The smallest absolute Gasteiger partial charge is 0.210 e. The second-order valence-electron chi connectivity index (χ2n) is 3.69. The van der Waals surface area contributed by atoms with Crippen LogP contribution in [0, 0.1) is 5.92 Å². The average molecular weight is 282 g/mol. The molecule has 1 aromatic rings. The van der Waals surface area contributed by atoms with Crippen LogP contribution in [0.1, 0.15) is 18.7 Å². The number of halogens is 1. The van der Waals surface area contributed by atoms with Gasteiger partial charge in [-0.2, -0.15) is 0 Å². The van der Waals surface area contributed by atoms with E-state index in [0.717, 1.165) is 11.3 Å². The van der Waals surface area contributed by atoms with Crippen LogP contribution in [0.3, 0.4) is 0 Å². The second-order valence-corrected chi connectivity index (χ2v) is 7.16. The number of aryl methyl sites for hydroxylation is 1. The molecule has 0 aliphatic rings. The van der Waals surface area contributed by atoms with E-state index >= 15 is 0 Å². The third kappa shape index (κ3) is 3.73. The van der Waals surface area contributed by atoms with E-state index in [4.69, 9.17) is 11.6 Å². The van der Waals surface area contributed by atoms with Crippen LogP contribution in [-0.2, 0) is 16.4 Å². The maximum Gasteiger partial charge on any atom is 0.250 e. The Morgan fingerprint density at radius 2 is 2.19 bits per heavy atom. The van der Waals surface area contributed by atoms with Crippen LogP contribution >= 0.6 is 22.9 Å². The minimum atomic E-state index is -3.34. The molecule has 0 bridgehead atoms. The van der Waals surface area contributed by atoms with Crippen molar-refractivity contribution in [1.29, 1.82) is 0 Å². The van der Waals surface area contributed by atoms with Gasteiger partial charge in [-0.1, -0.05) is 13.8 Å². The molecule has 0 spiro atoms. The normalized spacial score (nSPS) is 13.9. The molecular weight excluding hydrogens is 266 g/mol. The van der Waals surface area contributed by atoms with Crippen molar-refractivity contribution in [3.05, 3.63) is 17.0 Å². The lowest BCUT2D eigenvalue weighted by atomic mass is 10.2. The summed E-state index contributed by atoms with van der Waals surface area (Å²) < 4.78 is 26.6. The summed E-state index contributed by atoms with van der Waals surface area (Å²) in [6.07, 6.45) is 0.859. The second kappa shape index (κ2) is 6.00. The van der Waals surface area contributed by atoms with Crippen molar-refractivity contribution in [2.45, 2.75) is 24.5 Å². The summed E-state index contributed by atoms with van der Waals surface area (Å²) in [5, 5.41) is 0. The van der Waals surface area contributed by atoms with E-state index in [1.165, 1.54) is 11.3 Å². The van der Waals surface area contributed by atoms with Gasteiger partial charge >= 0.3 is 0 Å². The van der Waals surface area contributed by atoms with E-state index in [-0.39, 0.29) is 5.92 Å². The van der Waals surface area contributed by atoms with Crippen molar-refractivity contribution in [1.82, 2.24) is 4.72 Å². The first-order valence-corrected chi connectivity index (χ1v) is 7.97. The Balaban J connectivity index is 2.70. The third-order valence-corrected chi connectivity index (χ3v) is 5.81. The van der Waals surface area contributed by atoms with Crippen molar-refractivity contribution >= 4 is 33.0 Å². The van der Waals surface area contributed by atoms with Gasteiger partial charge in [-0.15, -0.1) is 22.9 Å². The Morgan fingerprint density at radius 3 is 2.69 bits per heavy atom. The highest BCUT2D eigenvalue weighted by molar-refractivity contribution is 7.91. The molecule has 92 valence electrons. The fourth-order valence-corrected chi connectivity index (χ4v) is 3.68. The predicted molar refractivity (Wildman–Crippen MR) is 68.8 cm³/mol. The van der Waals surface area contributed by atoms with E-state index < -0.39 is 10.0 Å². The van der Waals surface area contributed by atoms with Crippen LogP contribution in [-0.4, -0.2) is 20.8 Å². The fourth-order valence-electron chi connectivity index (χ4n) is 1.07. The molecular formula is C10H16ClNO2S2. The van der Waals surface area contributed by atoms with Crippen LogP contribution in [0.5, 0.6) is 0 Å². The first kappa shape index (κ1) is 14.0. The highest BCUT2D eigenvalue weighted by Crippen LogP contribution is 2.21. The highest BCUT2D eigenvalue weighted by atomic mass is 35.5. The van der Waals surface area contributed by atoms with Gasteiger partial charge in [0.2, 0.25) is 10.0 Å². The van der Waals surface area contributed by atoms with Gasteiger partial charge in [0.05, 0.1) is 0 Å². The number of thiophene rings is 1. The van der Waals surface area contributed by atoms with Gasteiger partial charge < -0.3 is 0 Å². The van der Waals surface area contributed by atoms with E-state index in [2.05, 4.69) is 4.72 Å². The molecule has 0 amide bonds. The number of hydrogen-bond donors (Lipinski definition) is 1. The Hall–Kier alpha value is -0.100. The number of rotatable bonds is 6. The zero-order valence-corrected chi connectivity index (χ0v) is 11.8. The van der Waals surface area contributed by atoms with Gasteiger partial charge in [0, 0.05) is 17.3 Å². The molecule has 0 aromatic carbocycles. The van der Waals surface area contributed by atoms with Crippen molar-refractivity contribution in [2.75, 3.05) is 12.4 Å². The molecule has 0 saturated carbocycles. The molecule has 16 heavy (non-hydrogen) atoms. The third-order valence-electron chi connectivity index (χ3n) is 2.14. The van der Waals surface area contributed by atoms with Crippen molar-refractivity contribution in [3.63, 3.8) is 0 Å². The maximum atomic E-state index is 11.8. The number of nitrogens with one attached hydrogen (secondary N) is 1. The SMILES string of the molecule is CCc1ccc(S(=O)(=O)NCC(C)CCl)s1. The van der Waals surface area contributed by atoms with E-state index in [1.54, 1.807) is 6.07 Å². The van der Waals surface area contributed by atoms with E-state index in [0.29, 0.717) is 16.6 Å². The van der Waals surface area contributed by atoms with Gasteiger partial charge in [-0.3, -0.25) is 0 Å². The lowest BCUT2D eigenvalue weighted by molar-refractivity contribution is 0.563. The molecule has 1 rings (SSSR count). The number of alkyl halides is 1. The van der Waals surface area contributed by atoms with Crippen molar-refractivity contribution in [3.8, 4) is 0 Å². The molecule has 0 saturated heterocycles. The van der Waals surface area contributed by atoms with E-state index in [9.17, 15) is 8.42 Å². The average Bonchev–Trinajstić information content (AvgIpc) is 2.75. The Bertz CT molecular complexity index is 428. The molecule has 1 atom stereocenters. The summed E-state index contributed by atoms with van der Waals surface area (Å²) in [5.41, 5.74) is 0. The summed E-state index contributed by atoms with van der Waals surface area (Å²) in [6.45, 7) is 4.29. The van der Waals surface area contributed by atoms with Crippen LogP contribution in [0.4, 0.5) is 0 Å². The summed E-state index contributed by atoms with van der Waals surface area (Å²) >= 11 is 6.94. The summed E-state index contributed by atoms with van der Waals surface area (Å²) in [7, 11) is -3.34. The van der Waals surface area contributed by atoms with Crippen LogP contribution < -0.4 is 4.72 Å². The lowest BCUT2D eigenvalue weighted by Gasteiger charge is -2.08. The van der Waals surface area contributed by atoms with Gasteiger partial charge in [0.25, 0.3) is 0 Å². The summed E-state index contributed by atoms with van der Waals surface area (Å²) in [5.74, 6) is 0.592. The number of sulfonamides is 1. The monoisotopic (exact) mass is 281 g/mol. The van der Waals surface area contributed by atoms with Crippen LogP contribution in [0.15, 0.2) is 16.3 Å². The quantitative estimate of drug-likeness (QED) is 0.814. The minimum Gasteiger partial charge on any atom is -0.210 e. The fraction of sp³-hybridized carbons (Fsp3) is 0.600. The first-order chi connectivity index (χ1) is 7.49. The van der Waals surface area contributed by atoms with Gasteiger partial charge in [-0.25, -0.2) is 13.1 Å². The molecule has 1 N–H and O–H groups in total. The topological polar surface area (TPSA) is 46.2 Å². The van der Waals surface area contributed by atoms with Gasteiger partial charge in [0.15, 0.2) is 0 Å². The maximum absolute atomic E-state index is 11.8. The van der Waals surface area contributed by atoms with Crippen LogP contribution in [0.25, 0.3) is 0 Å². The summed E-state index contributed by atoms with van der Waals surface area (Å²) in [6, 6.07) is 3.50. The van der Waals surface area contributed by atoms with Crippen molar-refractivity contribution in [2.24, 2.45) is 5.92 Å². The largest absolute Gasteiger partial charge is 0.250 e. The lowest BCUT2D eigenvalue weighted by Crippen LogP contribution is -2.28. The Labute approximate surface area is 106 Å². The highest BCUT2D eigenvalue weighted by Gasteiger charge is 2.16. The predicted octanol–water partition coefficient (Wildman–Crippen LogP) is 2.46. The molecule has 1 aromatic heterocycles. The summed E-state index contributed by atoms with van der Waals surface area (Å²) in [4.78, 5) is 1.07. The molecule has 6 heteroatoms. The van der Waals surface area contributed by atoms with Crippen LogP contribution in [0.2, 0.25) is 0 Å². The molecule has 1 heterocycles.